The number of methoxy groups -OCH3 is 1. The number of rotatable bonds is 7. The Bertz CT molecular complexity index is 959. The lowest BCUT2D eigenvalue weighted by Crippen LogP contribution is -2.25. The van der Waals surface area contributed by atoms with E-state index in [0.29, 0.717) is 25.3 Å². The molecule has 0 spiro atoms. The molecule has 1 aromatic heterocycles. The van der Waals surface area contributed by atoms with E-state index in [9.17, 15) is 9.59 Å². The minimum atomic E-state index is -0.399. The van der Waals surface area contributed by atoms with E-state index in [1.54, 1.807) is 14.0 Å². The predicted octanol–water partition coefficient (Wildman–Crippen LogP) is 2.72. The van der Waals surface area contributed by atoms with E-state index in [-0.39, 0.29) is 11.9 Å². The van der Waals surface area contributed by atoms with Crippen molar-refractivity contribution in [1.82, 2.24) is 15.1 Å². The maximum Gasteiger partial charge on any atom is 0.359 e. The molecule has 0 saturated carbocycles. The third-order valence-electron chi connectivity index (χ3n) is 5.40. The summed E-state index contributed by atoms with van der Waals surface area (Å²) in [5.41, 5.74) is 4.50. The molecule has 1 amide bonds. The molecule has 0 bridgehead atoms. The fraction of sp³-hybridized carbons (Fsp3) is 0.409. The van der Waals surface area contributed by atoms with E-state index in [1.165, 1.54) is 5.57 Å². The monoisotopic (exact) mass is 395 g/mol. The molecule has 1 fully saturated rings. The van der Waals surface area contributed by atoms with E-state index in [0.717, 1.165) is 41.8 Å². The van der Waals surface area contributed by atoms with Crippen LogP contribution in [0.15, 0.2) is 29.8 Å². The Morgan fingerprint density at radius 1 is 1.31 bits per heavy atom. The van der Waals surface area contributed by atoms with Crippen LogP contribution in [0.4, 0.5) is 0 Å². The highest BCUT2D eigenvalue weighted by Crippen LogP contribution is 2.32. The quantitative estimate of drug-likeness (QED) is 0.729. The van der Waals surface area contributed by atoms with Crippen molar-refractivity contribution in [3.8, 4) is 5.75 Å². The summed E-state index contributed by atoms with van der Waals surface area (Å²) in [6.07, 6.45) is 5.01. The minimum Gasteiger partial charge on any atom is -0.497 e. The summed E-state index contributed by atoms with van der Waals surface area (Å²) < 4.78 is 12.3. The molecule has 2 heterocycles. The Hall–Kier alpha value is -3.09. The number of fused-ring (bicyclic) bond motifs is 1. The zero-order chi connectivity index (χ0) is 20.4. The molecule has 1 saturated heterocycles. The first-order chi connectivity index (χ1) is 14.1. The van der Waals surface area contributed by atoms with Crippen molar-refractivity contribution in [2.45, 2.75) is 45.2 Å². The van der Waals surface area contributed by atoms with Gasteiger partial charge in [0.2, 0.25) is 5.91 Å². The van der Waals surface area contributed by atoms with E-state index in [4.69, 9.17) is 9.47 Å². The Kier molecular flexibility index (Phi) is 5.38. The number of esters is 1. The number of hydrogen-bond acceptors (Lipinski definition) is 5. The molecule has 0 unspecified atom stereocenters. The molecule has 1 aliphatic heterocycles. The van der Waals surface area contributed by atoms with Crippen molar-refractivity contribution in [2.24, 2.45) is 0 Å². The molecule has 29 heavy (non-hydrogen) atoms. The standard InChI is InChI=1S/C22H25N3O4/c1-3-29-22(27)21-18-11-15(10-16-6-9-20(26)23-16)12-19(18)25(24-21)13-14-4-7-17(28-2)8-5-14/h4-5,7-8,11,16H,3,6,9-10,12-13H2,1-2H3,(H,23,26)/t16-/m1/s1. The third-order valence-corrected chi connectivity index (χ3v) is 5.40. The molecule has 1 aliphatic carbocycles. The maximum absolute atomic E-state index is 12.4. The van der Waals surface area contributed by atoms with Gasteiger partial charge in [-0.05, 0) is 37.5 Å². The smallest absolute Gasteiger partial charge is 0.359 e. The second kappa shape index (κ2) is 8.11. The predicted molar refractivity (Wildman–Crippen MR) is 108 cm³/mol. The van der Waals surface area contributed by atoms with Crippen LogP contribution in [-0.4, -0.2) is 41.4 Å². The molecule has 1 aromatic carbocycles. The molecular formula is C22H25N3O4. The highest BCUT2D eigenvalue weighted by atomic mass is 16.5. The number of nitrogens with one attached hydrogen (secondary N) is 1. The van der Waals surface area contributed by atoms with Gasteiger partial charge in [-0.25, -0.2) is 4.79 Å². The van der Waals surface area contributed by atoms with Crippen LogP contribution >= 0.6 is 0 Å². The van der Waals surface area contributed by atoms with Crippen molar-refractivity contribution in [2.75, 3.05) is 13.7 Å². The molecule has 7 heteroatoms. The van der Waals surface area contributed by atoms with Crippen LogP contribution in [0.3, 0.4) is 0 Å². The van der Waals surface area contributed by atoms with Crippen LogP contribution in [0.25, 0.3) is 6.08 Å². The molecule has 1 atom stereocenters. The SMILES string of the molecule is CCOC(=O)c1nn(Cc2ccc(OC)cc2)c2c1C=C(C[C@H]1CCC(=O)N1)C2. The molecule has 2 aliphatic rings. The van der Waals surface area contributed by atoms with Crippen molar-refractivity contribution < 1.29 is 19.1 Å². The Morgan fingerprint density at radius 3 is 2.76 bits per heavy atom. The number of nitrogens with zero attached hydrogens (tertiary/aromatic N) is 2. The van der Waals surface area contributed by atoms with Crippen LogP contribution in [0, 0.1) is 0 Å². The number of hydrogen-bond donors (Lipinski definition) is 1. The lowest BCUT2D eigenvalue weighted by atomic mass is 10.0. The van der Waals surface area contributed by atoms with E-state index in [2.05, 4.69) is 10.4 Å². The third kappa shape index (κ3) is 4.04. The van der Waals surface area contributed by atoms with Crippen LogP contribution in [0.1, 0.15) is 53.5 Å². The molecule has 1 N–H and O–H groups in total. The summed E-state index contributed by atoms with van der Waals surface area (Å²) >= 11 is 0. The van der Waals surface area contributed by atoms with Gasteiger partial charge in [0.25, 0.3) is 0 Å². The number of benzene rings is 1. The van der Waals surface area contributed by atoms with Gasteiger partial charge in [-0.3, -0.25) is 9.48 Å². The van der Waals surface area contributed by atoms with Gasteiger partial charge < -0.3 is 14.8 Å². The fourth-order valence-corrected chi connectivity index (χ4v) is 3.98. The first-order valence-corrected chi connectivity index (χ1v) is 9.96. The lowest BCUT2D eigenvalue weighted by Gasteiger charge is -2.12. The second-order valence-electron chi connectivity index (χ2n) is 7.42. The zero-order valence-electron chi connectivity index (χ0n) is 16.7. The largest absolute Gasteiger partial charge is 0.497 e. The number of ether oxygens (including phenoxy) is 2. The normalized spacial score (nSPS) is 17.7. The summed E-state index contributed by atoms with van der Waals surface area (Å²) in [7, 11) is 1.64. The molecule has 0 radical (unpaired) electrons. The number of carbonyl (C=O) groups is 2. The lowest BCUT2D eigenvalue weighted by molar-refractivity contribution is -0.119. The molecular weight excluding hydrogens is 370 g/mol. The zero-order valence-corrected chi connectivity index (χ0v) is 16.7. The van der Waals surface area contributed by atoms with Gasteiger partial charge in [-0.2, -0.15) is 5.10 Å². The average Bonchev–Trinajstić information content (AvgIpc) is 3.39. The van der Waals surface area contributed by atoms with Gasteiger partial charge in [-0.15, -0.1) is 0 Å². The van der Waals surface area contributed by atoms with Gasteiger partial charge in [0.15, 0.2) is 5.69 Å². The highest BCUT2D eigenvalue weighted by molar-refractivity contribution is 5.93. The van der Waals surface area contributed by atoms with Crippen molar-refractivity contribution in [3.05, 3.63) is 52.4 Å². The highest BCUT2D eigenvalue weighted by Gasteiger charge is 2.30. The van der Waals surface area contributed by atoms with Crippen molar-refractivity contribution in [3.63, 3.8) is 0 Å². The number of aromatic nitrogens is 2. The van der Waals surface area contributed by atoms with Crippen LogP contribution in [-0.2, 0) is 22.5 Å². The summed E-state index contributed by atoms with van der Waals surface area (Å²) in [6, 6.07) is 7.99. The molecule has 7 nitrogen and oxygen atoms in total. The van der Waals surface area contributed by atoms with E-state index >= 15 is 0 Å². The van der Waals surface area contributed by atoms with Gasteiger partial charge in [0, 0.05) is 24.4 Å². The maximum atomic E-state index is 12.4. The van der Waals surface area contributed by atoms with Crippen LogP contribution in [0.2, 0.25) is 0 Å². The van der Waals surface area contributed by atoms with Crippen LogP contribution in [0.5, 0.6) is 5.75 Å². The first-order valence-electron chi connectivity index (χ1n) is 9.96. The second-order valence-corrected chi connectivity index (χ2v) is 7.42. The fourth-order valence-electron chi connectivity index (χ4n) is 3.98. The summed E-state index contributed by atoms with van der Waals surface area (Å²) in [5, 5.41) is 7.58. The first kappa shape index (κ1) is 19.2. The van der Waals surface area contributed by atoms with E-state index < -0.39 is 5.97 Å². The van der Waals surface area contributed by atoms with Gasteiger partial charge in [-0.1, -0.05) is 23.8 Å². The summed E-state index contributed by atoms with van der Waals surface area (Å²) in [5.74, 6) is 0.516. The van der Waals surface area contributed by atoms with Gasteiger partial charge in [0.1, 0.15) is 5.75 Å². The minimum absolute atomic E-state index is 0.115. The summed E-state index contributed by atoms with van der Waals surface area (Å²) in [4.78, 5) is 23.9. The summed E-state index contributed by atoms with van der Waals surface area (Å²) in [6.45, 7) is 2.66. The van der Waals surface area contributed by atoms with Crippen LogP contribution < -0.4 is 10.1 Å². The van der Waals surface area contributed by atoms with E-state index in [1.807, 2.05) is 35.0 Å². The average molecular weight is 395 g/mol. The van der Waals surface area contributed by atoms with Crippen molar-refractivity contribution >= 4 is 18.0 Å². The Morgan fingerprint density at radius 2 is 2.10 bits per heavy atom. The molecule has 4 rings (SSSR count). The van der Waals surface area contributed by atoms with Gasteiger partial charge >= 0.3 is 5.97 Å². The van der Waals surface area contributed by atoms with Gasteiger partial charge in [0.05, 0.1) is 26.0 Å². The topological polar surface area (TPSA) is 82.4 Å². The molecule has 152 valence electrons. The Labute approximate surface area is 169 Å². The molecule has 2 aromatic rings. The van der Waals surface area contributed by atoms with Crippen molar-refractivity contribution in [1.29, 1.82) is 0 Å². The number of carbonyl (C=O) groups excluding carboxylic acids is 2. The number of amides is 1. The Balaban J connectivity index is 1.58.